The molecule has 0 aliphatic carbocycles. The van der Waals surface area contributed by atoms with Crippen molar-refractivity contribution in [2.75, 3.05) is 0 Å². The minimum Gasteiger partial charge on any atom is -0.450 e. The Morgan fingerprint density at radius 1 is 0.889 bits per heavy atom. The Kier molecular flexibility index (Phi) is 12.2. The molecule has 1 N–H and O–H groups in total. The molecule has 0 saturated heterocycles. The van der Waals surface area contributed by atoms with Crippen molar-refractivity contribution in [3.8, 4) is 0 Å². The predicted molar refractivity (Wildman–Crippen MR) is 75.0 cm³/mol. The van der Waals surface area contributed by atoms with Crippen LogP contribution >= 0.6 is 0 Å². The van der Waals surface area contributed by atoms with Crippen LogP contribution in [0.2, 0.25) is 0 Å². The van der Waals surface area contributed by atoms with Crippen LogP contribution < -0.4 is 0 Å². The summed E-state index contributed by atoms with van der Waals surface area (Å²) in [4.78, 5) is 10.6. The molecule has 1 atom stereocenters. The largest absolute Gasteiger partial charge is 0.506 e. The van der Waals surface area contributed by atoms with Gasteiger partial charge in [0, 0.05) is 0 Å². The van der Waals surface area contributed by atoms with Gasteiger partial charge in [0.1, 0.15) is 6.10 Å². The maximum Gasteiger partial charge on any atom is 0.506 e. The van der Waals surface area contributed by atoms with E-state index in [-0.39, 0.29) is 6.10 Å². The van der Waals surface area contributed by atoms with E-state index in [1.807, 2.05) is 0 Å². The molecular formula is C15H30O3. The number of hydrogen-bond donors (Lipinski definition) is 1. The summed E-state index contributed by atoms with van der Waals surface area (Å²) in [6.07, 6.45) is 11.4. The molecule has 0 aromatic rings. The fourth-order valence-corrected chi connectivity index (χ4v) is 2.18. The van der Waals surface area contributed by atoms with Crippen molar-refractivity contribution in [2.45, 2.75) is 90.6 Å². The monoisotopic (exact) mass is 258 g/mol. The van der Waals surface area contributed by atoms with E-state index in [0.29, 0.717) is 0 Å². The third-order valence-electron chi connectivity index (χ3n) is 3.28. The van der Waals surface area contributed by atoms with Crippen LogP contribution in [0.5, 0.6) is 0 Å². The Morgan fingerprint density at radius 2 is 1.33 bits per heavy atom. The summed E-state index contributed by atoms with van der Waals surface area (Å²) in [5.74, 6) is 0. The standard InChI is InChI=1S/C15H30O3/c1-3-5-7-9-11-13-14(18-15(16)17)12-10-8-6-4-2/h14H,3-13H2,1-2H3,(H,16,17). The lowest BCUT2D eigenvalue weighted by Crippen LogP contribution is -2.16. The number of rotatable bonds is 12. The van der Waals surface area contributed by atoms with Crippen LogP contribution in [0.1, 0.15) is 84.5 Å². The summed E-state index contributed by atoms with van der Waals surface area (Å²) in [5.41, 5.74) is 0. The van der Waals surface area contributed by atoms with Gasteiger partial charge in [-0.2, -0.15) is 0 Å². The predicted octanol–water partition coefficient (Wildman–Crippen LogP) is 5.38. The Hall–Kier alpha value is -0.730. The first-order chi connectivity index (χ1) is 8.70. The molecule has 0 amide bonds. The van der Waals surface area contributed by atoms with Gasteiger partial charge in [-0.3, -0.25) is 0 Å². The molecule has 108 valence electrons. The van der Waals surface area contributed by atoms with Gasteiger partial charge in [-0.1, -0.05) is 58.8 Å². The Morgan fingerprint density at radius 3 is 1.78 bits per heavy atom. The Balaban J connectivity index is 3.66. The number of carbonyl (C=O) groups is 1. The molecule has 0 aliphatic heterocycles. The summed E-state index contributed by atoms with van der Waals surface area (Å²) < 4.78 is 4.95. The third kappa shape index (κ3) is 11.7. The van der Waals surface area contributed by atoms with Gasteiger partial charge in [-0.25, -0.2) is 4.79 Å². The van der Waals surface area contributed by atoms with E-state index >= 15 is 0 Å². The smallest absolute Gasteiger partial charge is 0.450 e. The molecule has 0 spiro atoms. The van der Waals surface area contributed by atoms with Gasteiger partial charge in [-0.05, 0) is 25.7 Å². The van der Waals surface area contributed by atoms with Gasteiger partial charge in [0.05, 0.1) is 0 Å². The van der Waals surface area contributed by atoms with Gasteiger partial charge in [0.2, 0.25) is 0 Å². The number of unbranched alkanes of at least 4 members (excludes halogenated alkanes) is 7. The molecule has 0 aromatic heterocycles. The second kappa shape index (κ2) is 12.7. The Bertz CT molecular complexity index is 192. The summed E-state index contributed by atoms with van der Waals surface area (Å²) in [6, 6.07) is 0. The molecular weight excluding hydrogens is 228 g/mol. The molecule has 0 bridgehead atoms. The van der Waals surface area contributed by atoms with Crippen molar-refractivity contribution in [2.24, 2.45) is 0 Å². The molecule has 0 aliphatic rings. The molecule has 3 nitrogen and oxygen atoms in total. The van der Waals surface area contributed by atoms with E-state index < -0.39 is 6.16 Å². The molecule has 18 heavy (non-hydrogen) atoms. The van der Waals surface area contributed by atoms with Crippen LogP contribution in [0.15, 0.2) is 0 Å². The first-order valence-corrected chi connectivity index (χ1v) is 7.60. The molecule has 0 rings (SSSR count). The fourth-order valence-electron chi connectivity index (χ4n) is 2.18. The van der Waals surface area contributed by atoms with E-state index in [4.69, 9.17) is 9.84 Å². The second-order valence-electron chi connectivity index (χ2n) is 5.06. The number of carboxylic acid groups (broad SMARTS) is 1. The van der Waals surface area contributed by atoms with Gasteiger partial charge < -0.3 is 9.84 Å². The maximum absolute atomic E-state index is 10.6. The number of hydrogen-bond acceptors (Lipinski definition) is 2. The van der Waals surface area contributed by atoms with Crippen molar-refractivity contribution in [1.82, 2.24) is 0 Å². The SMILES string of the molecule is CCCCCCCC(CCCCCC)OC(=O)O. The summed E-state index contributed by atoms with van der Waals surface area (Å²) in [6.45, 7) is 4.38. The highest BCUT2D eigenvalue weighted by Crippen LogP contribution is 2.15. The zero-order valence-corrected chi connectivity index (χ0v) is 12.1. The molecule has 3 heteroatoms. The fraction of sp³-hybridized carbons (Fsp3) is 0.933. The third-order valence-corrected chi connectivity index (χ3v) is 3.28. The highest BCUT2D eigenvalue weighted by atomic mass is 16.7. The van der Waals surface area contributed by atoms with E-state index in [0.717, 1.165) is 25.7 Å². The van der Waals surface area contributed by atoms with Crippen molar-refractivity contribution in [3.63, 3.8) is 0 Å². The molecule has 0 saturated carbocycles. The van der Waals surface area contributed by atoms with Crippen LogP contribution in [-0.2, 0) is 4.74 Å². The normalized spacial score (nSPS) is 12.3. The first kappa shape index (κ1) is 17.3. The van der Waals surface area contributed by atoms with Crippen molar-refractivity contribution < 1.29 is 14.6 Å². The van der Waals surface area contributed by atoms with E-state index in [1.165, 1.54) is 44.9 Å². The Labute approximate surface area is 112 Å². The van der Waals surface area contributed by atoms with E-state index in [2.05, 4.69) is 13.8 Å². The first-order valence-electron chi connectivity index (χ1n) is 7.60. The van der Waals surface area contributed by atoms with Crippen molar-refractivity contribution >= 4 is 6.16 Å². The quantitative estimate of drug-likeness (QED) is 0.377. The van der Waals surface area contributed by atoms with E-state index in [1.54, 1.807) is 0 Å². The van der Waals surface area contributed by atoms with Crippen LogP contribution in [0.25, 0.3) is 0 Å². The second-order valence-corrected chi connectivity index (χ2v) is 5.06. The average molecular weight is 258 g/mol. The lowest BCUT2D eigenvalue weighted by molar-refractivity contribution is 0.0423. The number of ether oxygens (including phenoxy) is 1. The van der Waals surface area contributed by atoms with Crippen LogP contribution in [0.3, 0.4) is 0 Å². The van der Waals surface area contributed by atoms with Crippen LogP contribution in [-0.4, -0.2) is 17.4 Å². The van der Waals surface area contributed by atoms with Crippen molar-refractivity contribution in [3.05, 3.63) is 0 Å². The highest BCUT2D eigenvalue weighted by molar-refractivity contribution is 5.57. The minimum atomic E-state index is -1.12. The van der Waals surface area contributed by atoms with Crippen LogP contribution in [0.4, 0.5) is 4.79 Å². The molecule has 0 aromatic carbocycles. The van der Waals surface area contributed by atoms with Gasteiger partial charge in [0.25, 0.3) is 0 Å². The van der Waals surface area contributed by atoms with Gasteiger partial charge in [-0.15, -0.1) is 0 Å². The zero-order valence-electron chi connectivity index (χ0n) is 12.1. The van der Waals surface area contributed by atoms with E-state index in [9.17, 15) is 4.79 Å². The van der Waals surface area contributed by atoms with Crippen molar-refractivity contribution in [1.29, 1.82) is 0 Å². The zero-order chi connectivity index (χ0) is 13.6. The van der Waals surface area contributed by atoms with Crippen LogP contribution in [0, 0.1) is 0 Å². The summed E-state index contributed by atoms with van der Waals surface area (Å²) in [7, 11) is 0. The molecule has 0 radical (unpaired) electrons. The lowest BCUT2D eigenvalue weighted by Gasteiger charge is -2.15. The summed E-state index contributed by atoms with van der Waals surface area (Å²) >= 11 is 0. The lowest BCUT2D eigenvalue weighted by atomic mass is 10.0. The minimum absolute atomic E-state index is 0.0824. The van der Waals surface area contributed by atoms with Gasteiger partial charge in [0.15, 0.2) is 0 Å². The molecule has 0 heterocycles. The van der Waals surface area contributed by atoms with Gasteiger partial charge >= 0.3 is 6.16 Å². The summed E-state index contributed by atoms with van der Waals surface area (Å²) in [5, 5.41) is 8.71. The molecule has 0 fully saturated rings. The highest BCUT2D eigenvalue weighted by Gasteiger charge is 2.12. The maximum atomic E-state index is 10.6. The topological polar surface area (TPSA) is 46.5 Å². The average Bonchev–Trinajstić information content (AvgIpc) is 2.33. The molecule has 1 unspecified atom stereocenters.